The van der Waals surface area contributed by atoms with Gasteiger partial charge in [0.05, 0.1) is 0 Å². The van der Waals surface area contributed by atoms with Crippen LogP contribution in [-0.2, 0) is 16.2 Å². The smallest absolute Gasteiger partial charge is 0.00626 e. The van der Waals surface area contributed by atoms with Gasteiger partial charge in [-0.1, -0.05) is 416 Å². The molecule has 0 aromatic heterocycles. The standard InChI is InChI=1S/2C14H30S.C13H28S.3C10H14.5C5H12/c2*1-13(2,3)9-7-11-15-12-8-10-14(4,5)6;1-12(2,3)8-7-10-14-11-9-13(4,5)6;3*1-10(2,3)9-7-5-4-6-8-9;5*1-5(2,3)4/h2*7-12H2,1-6H3;7-11H2,1-6H3;3*4-8H,1-3H3;5*1-4H3. The summed E-state index contributed by atoms with van der Waals surface area (Å²) < 4.78 is 0. The van der Waals surface area contributed by atoms with E-state index in [4.69, 9.17) is 0 Å². The quantitative estimate of drug-likeness (QED) is 0.124. The second-order valence-electron chi connectivity index (χ2n) is 46.3. The van der Waals surface area contributed by atoms with Gasteiger partial charge in [-0.15, -0.1) is 0 Å². The van der Waals surface area contributed by atoms with Crippen molar-refractivity contribution in [1.82, 2.24) is 0 Å². The summed E-state index contributed by atoms with van der Waals surface area (Å²) in [4.78, 5) is 0. The third-order valence-electron chi connectivity index (χ3n) is 12.0. The Balaban J connectivity index is -0.000000157. The van der Waals surface area contributed by atoms with E-state index in [0.717, 1.165) is 0 Å². The van der Waals surface area contributed by atoms with Crippen LogP contribution in [0.3, 0.4) is 0 Å². The SMILES string of the molecule is CC(C)(C)C.CC(C)(C)C.CC(C)(C)C.CC(C)(C)C.CC(C)(C)C.CC(C)(C)CCCSCCC(C)(C)C.CC(C)(C)CCCSCCCC(C)(C)C.CC(C)(C)CCCSCCCC(C)(C)C.CC(C)(C)c1ccccc1.CC(C)(C)c1ccccc1.CC(C)(C)c1ccccc1. The van der Waals surface area contributed by atoms with E-state index < -0.39 is 0 Å². The van der Waals surface area contributed by atoms with E-state index in [1.807, 2.05) is 0 Å². The highest BCUT2D eigenvalue weighted by molar-refractivity contribution is 7.99. The maximum absolute atomic E-state index is 2.33. The third kappa shape index (κ3) is 151. The van der Waals surface area contributed by atoms with E-state index in [1.54, 1.807) is 0 Å². The first-order valence-electron chi connectivity index (χ1n) is 39.3. The summed E-state index contributed by atoms with van der Waals surface area (Å²) in [5, 5.41) is 0. The molecule has 3 aromatic rings. The predicted octanol–water partition coefficient (Wildman–Crippen LogP) is 34.9. The molecule has 592 valence electrons. The number of hydrogen-bond acceptors (Lipinski definition) is 3. The van der Waals surface area contributed by atoms with Crippen molar-refractivity contribution in [2.75, 3.05) is 34.5 Å². The molecule has 99 heavy (non-hydrogen) atoms. The fraction of sp³-hybridized carbons (Fsp3) is 0.812. The first-order chi connectivity index (χ1) is 43.4. The van der Waals surface area contributed by atoms with Crippen molar-refractivity contribution >= 4 is 35.3 Å². The molecule has 0 saturated heterocycles. The lowest BCUT2D eigenvalue weighted by Gasteiger charge is -2.19. The summed E-state index contributed by atoms with van der Waals surface area (Å²) in [6, 6.07) is 31.7. The van der Waals surface area contributed by atoms with Crippen LogP contribution >= 0.6 is 35.3 Å². The number of thioether (sulfide) groups is 3. The van der Waals surface area contributed by atoms with Crippen LogP contribution in [0.2, 0.25) is 0 Å². The molecule has 0 fully saturated rings. The molecule has 0 aliphatic heterocycles. The Morgan fingerprint density at radius 2 is 0.293 bits per heavy atom. The highest BCUT2D eigenvalue weighted by Crippen LogP contribution is 2.29. The molecule has 0 radical (unpaired) electrons. The second kappa shape index (κ2) is 55.2. The van der Waals surface area contributed by atoms with E-state index in [1.165, 1.54) is 122 Å². The van der Waals surface area contributed by atoms with E-state index in [9.17, 15) is 0 Å². The molecule has 0 heterocycles. The Labute approximate surface area is 644 Å². The van der Waals surface area contributed by atoms with Gasteiger partial charge in [-0.05, 0) is 198 Å². The van der Waals surface area contributed by atoms with Gasteiger partial charge < -0.3 is 0 Å². The summed E-state index contributed by atoms with van der Waals surface area (Å²) in [5.74, 6) is 8.06. The molecular weight excluding hydrogens is 1250 g/mol. The zero-order chi connectivity index (χ0) is 80.5. The lowest BCUT2D eigenvalue weighted by atomic mass is 9.87. The lowest BCUT2D eigenvalue weighted by molar-refractivity contribution is 0.372. The molecule has 0 aliphatic rings. The molecule has 0 saturated carbocycles. The van der Waals surface area contributed by atoms with Crippen molar-refractivity contribution in [3.63, 3.8) is 0 Å². The number of hydrogen-bond donors (Lipinski definition) is 0. The van der Waals surface area contributed by atoms with Gasteiger partial charge in [-0.25, -0.2) is 0 Å². The molecular formula is C96H190S3. The first kappa shape index (κ1) is 114. The normalized spacial score (nSPS) is 12.4. The average Bonchev–Trinajstić information content (AvgIpc) is 0.894. The Hall–Kier alpha value is -1.29. The predicted molar refractivity (Wildman–Crippen MR) is 481 cm³/mol. The Kier molecular flexibility index (Phi) is 63.3. The van der Waals surface area contributed by atoms with Crippen molar-refractivity contribution in [2.24, 2.45) is 59.6 Å². The average molecular weight is 1440 g/mol. The van der Waals surface area contributed by atoms with Crippen LogP contribution in [0.1, 0.15) is 413 Å². The van der Waals surface area contributed by atoms with Crippen LogP contribution in [0.4, 0.5) is 0 Å². The monoisotopic (exact) mass is 1440 g/mol. The van der Waals surface area contributed by atoms with Crippen molar-refractivity contribution in [3.8, 4) is 0 Å². The largest absolute Gasteiger partial charge is 0.162 e. The van der Waals surface area contributed by atoms with E-state index >= 15 is 0 Å². The van der Waals surface area contributed by atoms with Crippen LogP contribution in [0.5, 0.6) is 0 Å². The first-order valence-corrected chi connectivity index (χ1v) is 42.8. The molecule has 0 aliphatic carbocycles. The molecule has 0 N–H and O–H groups in total. The van der Waals surface area contributed by atoms with Gasteiger partial charge in [0.15, 0.2) is 0 Å². The highest BCUT2D eigenvalue weighted by Gasteiger charge is 2.16. The summed E-state index contributed by atoms with van der Waals surface area (Å²) in [6.45, 7) is 106. The lowest BCUT2D eigenvalue weighted by Crippen LogP contribution is -2.10. The van der Waals surface area contributed by atoms with Crippen LogP contribution in [-0.4, -0.2) is 34.5 Å². The zero-order valence-corrected chi connectivity index (χ0v) is 79.9. The second-order valence-corrected chi connectivity index (χ2v) is 50.0. The maximum Gasteiger partial charge on any atom is -0.00626 e. The van der Waals surface area contributed by atoms with E-state index in [2.05, 4.69) is 452 Å². The Morgan fingerprint density at radius 3 is 0.394 bits per heavy atom. The van der Waals surface area contributed by atoms with Gasteiger partial charge in [-0.2, -0.15) is 35.3 Å². The minimum absolute atomic E-state index is 0.293. The molecule has 0 bridgehead atoms. The highest BCUT2D eigenvalue weighted by atomic mass is 32.2. The molecule has 3 heteroatoms. The maximum atomic E-state index is 2.33. The molecule has 0 amide bonds. The van der Waals surface area contributed by atoms with Crippen molar-refractivity contribution in [3.05, 3.63) is 108 Å². The summed E-state index contributed by atoms with van der Waals surface area (Å²) in [6.07, 6.45) is 15.0. The molecule has 0 nitrogen and oxygen atoms in total. The molecule has 0 atom stereocenters. The van der Waals surface area contributed by atoms with Gasteiger partial charge in [0.25, 0.3) is 0 Å². The van der Waals surface area contributed by atoms with Crippen molar-refractivity contribution in [2.45, 2.75) is 412 Å². The molecule has 0 unspecified atom stereocenters. The molecule has 3 rings (SSSR count). The third-order valence-corrected chi connectivity index (χ3v) is 15.4. The number of rotatable bonds is 17. The van der Waals surface area contributed by atoms with Gasteiger partial charge in [0.1, 0.15) is 0 Å². The fourth-order valence-electron chi connectivity index (χ4n) is 7.02. The fourth-order valence-corrected chi connectivity index (χ4v) is 10.1. The van der Waals surface area contributed by atoms with E-state index in [0.29, 0.717) is 75.8 Å². The Bertz CT molecular complexity index is 1840. The van der Waals surface area contributed by atoms with Gasteiger partial charge in [0.2, 0.25) is 0 Å². The summed E-state index contributed by atoms with van der Waals surface area (Å²) in [7, 11) is 0. The number of benzene rings is 3. The van der Waals surface area contributed by atoms with Crippen LogP contribution < -0.4 is 0 Å². The van der Waals surface area contributed by atoms with Crippen molar-refractivity contribution < 1.29 is 0 Å². The summed E-state index contributed by atoms with van der Waals surface area (Å²) >= 11 is 6.39. The van der Waals surface area contributed by atoms with Gasteiger partial charge in [0, 0.05) is 0 Å². The molecule has 3 aromatic carbocycles. The minimum atomic E-state index is 0.293. The van der Waals surface area contributed by atoms with Crippen LogP contribution in [0.15, 0.2) is 91.0 Å². The van der Waals surface area contributed by atoms with Gasteiger partial charge in [-0.3, -0.25) is 0 Å². The summed E-state index contributed by atoms with van der Waals surface area (Å²) in [5.41, 5.74) is 10.7. The van der Waals surface area contributed by atoms with E-state index in [-0.39, 0.29) is 0 Å². The van der Waals surface area contributed by atoms with Crippen LogP contribution in [0.25, 0.3) is 0 Å². The van der Waals surface area contributed by atoms with Crippen molar-refractivity contribution in [1.29, 1.82) is 0 Å². The zero-order valence-electron chi connectivity index (χ0n) is 77.4. The minimum Gasteiger partial charge on any atom is -0.162 e. The van der Waals surface area contributed by atoms with Crippen LogP contribution in [0, 0.1) is 59.6 Å². The Morgan fingerprint density at radius 1 is 0.172 bits per heavy atom. The topological polar surface area (TPSA) is 0 Å². The molecule has 0 spiro atoms. The van der Waals surface area contributed by atoms with Gasteiger partial charge >= 0.3 is 0 Å².